The maximum atomic E-state index is 4.57. The molecule has 0 spiro atoms. The van der Waals surface area contributed by atoms with Gasteiger partial charge >= 0.3 is 0 Å². The normalized spacial score (nSPS) is 11.2. The topological polar surface area (TPSA) is 30.7 Å². The number of para-hydroxylation sites is 2. The summed E-state index contributed by atoms with van der Waals surface area (Å²) >= 11 is 1.91. The fourth-order valence-corrected chi connectivity index (χ4v) is 5.43. The number of rotatable bonds is 3. The first kappa shape index (κ1) is 27.5. The van der Waals surface area contributed by atoms with E-state index < -0.39 is 0 Å². The highest BCUT2D eigenvalue weighted by atomic mass is 32.1. The highest BCUT2D eigenvalue weighted by Gasteiger charge is 2.10. The molecule has 4 heteroatoms. The smallest absolute Gasteiger partial charge is 0.0728 e. The van der Waals surface area contributed by atoms with Crippen LogP contribution in [0.4, 0.5) is 0 Å². The predicted octanol–water partition coefficient (Wildman–Crippen LogP) is 10.1. The molecule has 0 fully saturated rings. The van der Waals surface area contributed by atoms with Crippen molar-refractivity contribution in [2.45, 2.75) is 59.3 Å². The van der Waals surface area contributed by atoms with Gasteiger partial charge in [-0.1, -0.05) is 102 Å². The van der Waals surface area contributed by atoms with Crippen LogP contribution in [-0.2, 0) is 7.05 Å². The van der Waals surface area contributed by atoms with Crippen molar-refractivity contribution in [1.29, 1.82) is 0 Å². The van der Waals surface area contributed by atoms with Gasteiger partial charge in [0.1, 0.15) is 0 Å². The summed E-state index contributed by atoms with van der Waals surface area (Å²) in [6.07, 6.45) is 0. The third-order valence-electron chi connectivity index (χ3n) is 6.56. The second kappa shape index (κ2) is 12.4. The van der Waals surface area contributed by atoms with Crippen LogP contribution in [0.3, 0.4) is 0 Å². The minimum absolute atomic E-state index is 0.492. The van der Waals surface area contributed by atoms with Crippen molar-refractivity contribution in [3.8, 4) is 0 Å². The number of fused-ring (bicyclic) bond motifs is 3. The van der Waals surface area contributed by atoms with Crippen molar-refractivity contribution >= 4 is 43.2 Å². The first-order valence-corrected chi connectivity index (χ1v) is 14.3. The zero-order valence-electron chi connectivity index (χ0n) is 23.6. The van der Waals surface area contributed by atoms with Gasteiger partial charge in [0.2, 0.25) is 0 Å². The lowest BCUT2D eigenvalue weighted by Crippen LogP contribution is -1.92. The first-order valence-electron chi connectivity index (χ1n) is 13.5. The number of aromatic nitrogens is 3. The molecule has 3 aromatic heterocycles. The number of benzene rings is 3. The van der Waals surface area contributed by atoms with E-state index in [2.05, 4.69) is 124 Å². The molecule has 3 aromatic carbocycles. The third kappa shape index (κ3) is 6.49. The quantitative estimate of drug-likeness (QED) is 0.232. The van der Waals surface area contributed by atoms with Crippen LogP contribution in [0.25, 0.3) is 31.9 Å². The maximum Gasteiger partial charge on any atom is 0.0728 e. The molecule has 0 N–H and O–H groups in total. The second-order valence-electron chi connectivity index (χ2n) is 10.6. The van der Waals surface area contributed by atoms with E-state index in [9.17, 15) is 0 Å². The molecule has 196 valence electrons. The summed E-state index contributed by atoms with van der Waals surface area (Å²) in [5.74, 6) is 1.65. The largest absolute Gasteiger partial charge is 0.268 e. The Kier molecular flexibility index (Phi) is 8.96. The third-order valence-corrected chi connectivity index (χ3v) is 7.98. The van der Waals surface area contributed by atoms with Gasteiger partial charge in [-0.25, -0.2) is 0 Å². The van der Waals surface area contributed by atoms with Crippen LogP contribution < -0.4 is 0 Å². The van der Waals surface area contributed by atoms with E-state index in [4.69, 9.17) is 0 Å². The van der Waals surface area contributed by atoms with Crippen LogP contribution in [0.1, 0.15) is 75.6 Å². The van der Waals surface area contributed by atoms with E-state index in [1.165, 1.54) is 42.6 Å². The number of nitrogens with zero attached hydrogens (tertiary/aromatic N) is 3. The molecule has 0 atom stereocenters. The van der Waals surface area contributed by atoms with Gasteiger partial charge in [-0.3, -0.25) is 9.67 Å². The number of hydrogen-bond acceptors (Lipinski definition) is 3. The van der Waals surface area contributed by atoms with E-state index >= 15 is 0 Å². The van der Waals surface area contributed by atoms with Crippen molar-refractivity contribution in [1.82, 2.24) is 14.8 Å². The summed E-state index contributed by atoms with van der Waals surface area (Å²) in [4.78, 5) is 6.06. The molecule has 0 aliphatic rings. The van der Waals surface area contributed by atoms with Crippen molar-refractivity contribution in [2.75, 3.05) is 0 Å². The monoisotopic (exact) mass is 521 g/mol. The van der Waals surface area contributed by atoms with Gasteiger partial charge in [0.25, 0.3) is 0 Å². The van der Waals surface area contributed by atoms with E-state index in [1.807, 2.05) is 41.3 Å². The average molecular weight is 522 g/mol. The standard InChI is InChI=1S/C12H13N.C11H14N2.C11H12S/c1-9(2)11-8-7-10-5-3-4-6-12(10)13-11;1-8(2)11-9-6-4-5-7-10(9)13(3)12-11;1-8(2)11-7-9-5-3-4-6-10(9)12-11/h3-9H,1-2H3;4-8H,1-3H3;3-8H,1-2H3. The lowest BCUT2D eigenvalue weighted by Gasteiger charge is -2.04. The SMILES string of the molecule is CC(C)c1cc2ccccc2s1.CC(C)c1ccc2ccccc2n1.CC(C)c1nn(C)c2ccccc12. The summed E-state index contributed by atoms with van der Waals surface area (Å²) in [7, 11) is 1.99. The van der Waals surface area contributed by atoms with Gasteiger partial charge < -0.3 is 0 Å². The molecule has 0 aliphatic heterocycles. The molecular formula is C34H39N3S. The van der Waals surface area contributed by atoms with Gasteiger partial charge in [-0.05, 0) is 53.5 Å². The highest BCUT2D eigenvalue weighted by molar-refractivity contribution is 7.19. The molecule has 0 saturated heterocycles. The Morgan fingerprint density at radius 2 is 1.32 bits per heavy atom. The highest BCUT2D eigenvalue weighted by Crippen LogP contribution is 2.30. The van der Waals surface area contributed by atoms with Gasteiger partial charge in [0, 0.05) is 33.1 Å². The molecule has 0 amide bonds. The van der Waals surface area contributed by atoms with Crippen LogP contribution >= 0.6 is 11.3 Å². The molecular weight excluding hydrogens is 482 g/mol. The van der Waals surface area contributed by atoms with E-state index in [1.54, 1.807) is 0 Å². The minimum atomic E-state index is 0.492. The maximum absolute atomic E-state index is 4.57. The number of thiophene rings is 1. The second-order valence-corrected chi connectivity index (χ2v) is 11.7. The minimum Gasteiger partial charge on any atom is -0.268 e. The molecule has 0 unspecified atom stereocenters. The molecule has 6 rings (SSSR count). The molecule has 6 aromatic rings. The zero-order chi connectivity index (χ0) is 27.2. The molecule has 38 heavy (non-hydrogen) atoms. The lowest BCUT2D eigenvalue weighted by molar-refractivity contribution is 0.729. The van der Waals surface area contributed by atoms with Crippen LogP contribution in [0, 0.1) is 0 Å². The van der Waals surface area contributed by atoms with Crippen molar-refractivity contribution < 1.29 is 0 Å². The molecule has 0 aliphatic carbocycles. The van der Waals surface area contributed by atoms with E-state index in [0.717, 1.165) is 5.52 Å². The van der Waals surface area contributed by atoms with E-state index in [-0.39, 0.29) is 0 Å². The first-order chi connectivity index (χ1) is 18.2. The van der Waals surface area contributed by atoms with Gasteiger partial charge in [0.15, 0.2) is 0 Å². The Balaban J connectivity index is 0.000000133. The van der Waals surface area contributed by atoms with Crippen LogP contribution in [0.2, 0.25) is 0 Å². The predicted molar refractivity (Wildman–Crippen MR) is 167 cm³/mol. The van der Waals surface area contributed by atoms with Gasteiger partial charge in [-0.15, -0.1) is 11.3 Å². The number of aryl methyl sites for hydroxylation is 1. The number of pyridine rings is 1. The van der Waals surface area contributed by atoms with Crippen molar-refractivity contribution in [2.24, 2.45) is 7.05 Å². The summed E-state index contributed by atoms with van der Waals surface area (Å²) in [6.45, 7) is 13.2. The molecule has 3 nitrogen and oxygen atoms in total. The Morgan fingerprint density at radius 3 is 2.00 bits per heavy atom. The molecule has 0 radical (unpaired) electrons. The van der Waals surface area contributed by atoms with Crippen LogP contribution in [0.15, 0.2) is 91.0 Å². The molecule has 3 heterocycles. The summed E-state index contributed by atoms with van der Waals surface area (Å²) in [6, 6.07) is 31.7. The molecule has 0 bridgehead atoms. The average Bonchev–Trinajstić information content (AvgIpc) is 3.51. The summed E-state index contributed by atoms with van der Waals surface area (Å²) in [5, 5.41) is 8.38. The number of hydrogen-bond donors (Lipinski definition) is 0. The Hall–Kier alpha value is -3.50. The Morgan fingerprint density at radius 1 is 0.658 bits per heavy atom. The van der Waals surface area contributed by atoms with Gasteiger partial charge in [0.05, 0.1) is 16.7 Å². The Bertz CT molecular complexity index is 1590. The van der Waals surface area contributed by atoms with Crippen molar-refractivity contribution in [3.05, 3.63) is 107 Å². The van der Waals surface area contributed by atoms with E-state index in [0.29, 0.717) is 17.8 Å². The van der Waals surface area contributed by atoms with Crippen LogP contribution in [-0.4, -0.2) is 14.8 Å². The molecule has 0 saturated carbocycles. The lowest BCUT2D eigenvalue weighted by atomic mass is 10.1. The van der Waals surface area contributed by atoms with Crippen LogP contribution in [0.5, 0.6) is 0 Å². The fraction of sp³-hybridized carbons (Fsp3) is 0.294. The van der Waals surface area contributed by atoms with Crippen molar-refractivity contribution in [3.63, 3.8) is 0 Å². The van der Waals surface area contributed by atoms with Gasteiger partial charge in [-0.2, -0.15) is 5.10 Å². The summed E-state index contributed by atoms with van der Waals surface area (Å²) < 4.78 is 3.35. The zero-order valence-corrected chi connectivity index (χ0v) is 24.5. The summed E-state index contributed by atoms with van der Waals surface area (Å²) in [5.41, 5.74) is 4.66. The Labute approximate surface area is 231 Å². The fourth-order valence-electron chi connectivity index (χ4n) is 4.36.